The topological polar surface area (TPSA) is 114 Å². The van der Waals surface area contributed by atoms with E-state index in [1.807, 2.05) is 0 Å². The van der Waals surface area contributed by atoms with Gasteiger partial charge in [-0.3, -0.25) is 10.2 Å². The van der Waals surface area contributed by atoms with Gasteiger partial charge in [0, 0.05) is 7.05 Å². The van der Waals surface area contributed by atoms with Crippen molar-refractivity contribution in [3.8, 4) is 0 Å². The molecule has 1 heterocycles. The lowest BCUT2D eigenvalue weighted by molar-refractivity contribution is 0.276. The molecule has 0 aromatic carbocycles. The van der Waals surface area contributed by atoms with E-state index in [1.165, 1.54) is 7.05 Å². The van der Waals surface area contributed by atoms with Gasteiger partial charge in [0.2, 0.25) is 5.95 Å². The van der Waals surface area contributed by atoms with Crippen LogP contribution in [0, 0.1) is 0 Å². The van der Waals surface area contributed by atoms with Gasteiger partial charge in [0.25, 0.3) is 0 Å². The van der Waals surface area contributed by atoms with E-state index in [2.05, 4.69) is 21.7 Å². The second-order valence-corrected chi connectivity index (χ2v) is 2.32. The molecule has 0 bridgehead atoms. The van der Waals surface area contributed by atoms with Crippen molar-refractivity contribution in [3.05, 3.63) is 0 Å². The Kier molecular flexibility index (Phi) is 2.29. The van der Waals surface area contributed by atoms with Crippen LogP contribution in [-0.2, 0) is 0 Å². The van der Waals surface area contributed by atoms with E-state index in [0.717, 1.165) is 5.06 Å². The zero-order valence-electron chi connectivity index (χ0n) is 7.10. The Labute approximate surface area is 74.7 Å². The largest absolute Gasteiger partial charge is 0.382 e. The number of nitrogens with two attached hydrogens (primary N) is 2. The third-order valence-corrected chi connectivity index (χ3v) is 1.37. The molecule has 0 unspecified atom stereocenters. The lowest BCUT2D eigenvalue weighted by Crippen LogP contribution is -2.14. The lowest BCUT2D eigenvalue weighted by Gasteiger charge is -2.12. The maximum absolute atomic E-state index is 9.13. The maximum Gasteiger partial charge on any atom is 0.224 e. The Morgan fingerprint density at radius 3 is 2.54 bits per heavy atom. The average molecular weight is 182 g/mol. The van der Waals surface area contributed by atoms with Gasteiger partial charge in [-0.25, -0.2) is 5.06 Å². The van der Waals surface area contributed by atoms with E-state index in [-0.39, 0.29) is 23.3 Å². The molecule has 0 amide bonds. The fraction of sp³-hybridized carbons (Fsp3) is 0.167. The molecule has 7 heteroatoms. The van der Waals surface area contributed by atoms with E-state index in [0.29, 0.717) is 0 Å². The minimum absolute atomic E-state index is 0.0270. The standard InChI is InChI=1S/C6H10N6O/c1-9-3-4(7)10-6(8)11-5(3)12(2)13/h13H,1H2,2H3,(H4,7,8,10,11). The van der Waals surface area contributed by atoms with Crippen LogP contribution in [0.4, 0.5) is 23.3 Å². The molecular weight excluding hydrogens is 172 g/mol. The summed E-state index contributed by atoms with van der Waals surface area (Å²) < 4.78 is 0. The molecule has 0 aliphatic carbocycles. The average Bonchev–Trinajstić information content (AvgIpc) is 2.02. The van der Waals surface area contributed by atoms with Crippen LogP contribution in [0.5, 0.6) is 0 Å². The molecule has 1 aromatic rings. The van der Waals surface area contributed by atoms with Crippen LogP contribution in [0.3, 0.4) is 0 Å². The number of aliphatic imine (C=N–C) groups is 1. The fourth-order valence-electron chi connectivity index (χ4n) is 0.855. The first-order valence-electron chi connectivity index (χ1n) is 3.38. The second kappa shape index (κ2) is 3.23. The highest BCUT2D eigenvalue weighted by molar-refractivity contribution is 5.75. The first kappa shape index (κ1) is 9.20. The first-order chi connectivity index (χ1) is 6.06. The number of aromatic nitrogens is 2. The fourth-order valence-corrected chi connectivity index (χ4v) is 0.855. The van der Waals surface area contributed by atoms with E-state index in [4.69, 9.17) is 16.7 Å². The summed E-state index contributed by atoms with van der Waals surface area (Å²) in [6.45, 7) is 3.28. The zero-order valence-corrected chi connectivity index (χ0v) is 7.10. The van der Waals surface area contributed by atoms with E-state index < -0.39 is 0 Å². The van der Waals surface area contributed by atoms with Crippen LogP contribution in [0.2, 0.25) is 0 Å². The zero-order chi connectivity index (χ0) is 10.0. The van der Waals surface area contributed by atoms with Crippen molar-refractivity contribution in [3.63, 3.8) is 0 Å². The molecule has 0 radical (unpaired) electrons. The molecule has 5 N–H and O–H groups in total. The normalized spacial score (nSPS) is 9.69. The molecule has 0 saturated carbocycles. The SMILES string of the molecule is C=Nc1c(N)nc(N)nc1N(C)O. The van der Waals surface area contributed by atoms with Gasteiger partial charge in [-0.2, -0.15) is 9.97 Å². The van der Waals surface area contributed by atoms with Crippen molar-refractivity contribution in [2.75, 3.05) is 23.6 Å². The van der Waals surface area contributed by atoms with Gasteiger partial charge in [-0.15, -0.1) is 0 Å². The highest BCUT2D eigenvalue weighted by atomic mass is 16.5. The smallest absolute Gasteiger partial charge is 0.224 e. The van der Waals surface area contributed by atoms with Gasteiger partial charge < -0.3 is 11.5 Å². The van der Waals surface area contributed by atoms with Gasteiger partial charge in [0.05, 0.1) is 0 Å². The Bertz CT molecular complexity index is 336. The molecule has 0 fully saturated rings. The number of hydrogen-bond donors (Lipinski definition) is 3. The van der Waals surface area contributed by atoms with Crippen LogP contribution in [0.15, 0.2) is 4.99 Å². The van der Waals surface area contributed by atoms with E-state index in [1.54, 1.807) is 0 Å². The molecule has 1 aromatic heterocycles. The van der Waals surface area contributed by atoms with Gasteiger partial charge in [-0.05, 0) is 6.72 Å². The van der Waals surface area contributed by atoms with Crippen molar-refractivity contribution in [2.45, 2.75) is 0 Å². The maximum atomic E-state index is 9.13. The summed E-state index contributed by atoms with van der Waals surface area (Å²) >= 11 is 0. The number of rotatable bonds is 2. The van der Waals surface area contributed by atoms with Crippen LogP contribution >= 0.6 is 0 Å². The monoisotopic (exact) mass is 182 g/mol. The minimum atomic E-state index is -0.0270. The molecule has 13 heavy (non-hydrogen) atoms. The van der Waals surface area contributed by atoms with Gasteiger partial charge >= 0.3 is 0 Å². The number of anilines is 3. The molecule has 7 nitrogen and oxygen atoms in total. The van der Waals surface area contributed by atoms with Gasteiger partial charge in [0.1, 0.15) is 5.69 Å². The summed E-state index contributed by atoms with van der Waals surface area (Å²) in [6.07, 6.45) is 0. The van der Waals surface area contributed by atoms with Crippen molar-refractivity contribution in [2.24, 2.45) is 4.99 Å². The van der Waals surface area contributed by atoms with Crippen LogP contribution in [-0.4, -0.2) is 28.9 Å². The summed E-state index contributed by atoms with van der Waals surface area (Å²) in [7, 11) is 1.37. The van der Waals surface area contributed by atoms with Crippen LogP contribution in [0.1, 0.15) is 0 Å². The van der Waals surface area contributed by atoms with Crippen molar-refractivity contribution in [1.29, 1.82) is 0 Å². The Morgan fingerprint density at radius 2 is 2.08 bits per heavy atom. The highest BCUT2D eigenvalue weighted by Gasteiger charge is 2.12. The van der Waals surface area contributed by atoms with Crippen LogP contribution < -0.4 is 16.5 Å². The Balaban J connectivity index is 3.38. The summed E-state index contributed by atoms with van der Waals surface area (Å²) in [5.41, 5.74) is 11.0. The van der Waals surface area contributed by atoms with Gasteiger partial charge in [-0.1, -0.05) is 0 Å². The molecule has 0 spiro atoms. The predicted octanol–water partition coefficient (Wildman–Crippen LogP) is -0.202. The quantitative estimate of drug-likeness (QED) is 0.431. The molecule has 70 valence electrons. The molecular formula is C6H10N6O. The third-order valence-electron chi connectivity index (χ3n) is 1.37. The minimum Gasteiger partial charge on any atom is -0.382 e. The number of nitrogens with zero attached hydrogens (tertiary/aromatic N) is 4. The third kappa shape index (κ3) is 1.64. The molecule has 0 aliphatic rings. The summed E-state index contributed by atoms with van der Waals surface area (Å²) in [5.74, 6) is 0.180. The summed E-state index contributed by atoms with van der Waals surface area (Å²) in [5, 5.41) is 9.88. The lowest BCUT2D eigenvalue weighted by atomic mass is 10.4. The van der Waals surface area contributed by atoms with Crippen molar-refractivity contribution >= 4 is 30.0 Å². The van der Waals surface area contributed by atoms with E-state index >= 15 is 0 Å². The van der Waals surface area contributed by atoms with Crippen molar-refractivity contribution in [1.82, 2.24) is 9.97 Å². The molecule has 1 rings (SSSR count). The Hall–Kier alpha value is -1.89. The summed E-state index contributed by atoms with van der Waals surface area (Å²) in [6, 6.07) is 0. The van der Waals surface area contributed by atoms with Gasteiger partial charge in [0.15, 0.2) is 11.6 Å². The van der Waals surface area contributed by atoms with Crippen molar-refractivity contribution < 1.29 is 5.21 Å². The number of hydroxylamine groups is 1. The highest BCUT2D eigenvalue weighted by Crippen LogP contribution is 2.29. The molecule has 0 atom stereocenters. The molecule has 0 saturated heterocycles. The summed E-state index contributed by atoms with van der Waals surface area (Å²) in [4.78, 5) is 11.0. The van der Waals surface area contributed by atoms with E-state index in [9.17, 15) is 0 Å². The first-order valence-corrected chi connectivity index (χ1v) is 3.38. The Morgan fingerprint density at radius 1 is 1.46 bits per heavy atom. The molecule has 0 aliphatic heterocycles. The number of nitrogen functional groups attached to an aromatic ring is 2. The predicted molar refractivity (Wildman–Crippen MR) is 50.3 cm³/mol. The second-order valence-electron chi connectivity index (χ2n) is 2.32. The number of hydrogen-bond acceptors (Lipinski definition) is 7. The van der Waals surface area contributed by atoms with Crippen LogP contribution in [0.25, 0.3) is 0 Å².